The maximum atomic E-state index is 12.9. The number of hydrogen-bond acceptors (Lipinski definition) is 7. The second-order valence-electron chi connectivity index (χ2n) is 5.64. The molecule has 1 unspecified atom stereocenters. The van der Waals surface area contributed by atoms with Crippen LogP contribution in [0.5, 0.6) is 5.75 Å². The number of ether oxygens (including phenoxy) is 2. The van der Waals surface area contributed by atoms with Gasteiger partial charge in [-0.3, -0.25) is 9.59 Å². The standard InChI is InChI=1S/C19H21N3O5/c1-4-27-19(25)16-13(6-5-9-21-16)17(23)12-7-8-15(26-3)14(10-12)22-18(24)11(2)20/h5-11H,4,20H2,1-3H3,(H,22,24). The highest BCUT2D eigenvalue weighted by molar-refractivity contribution is 6.14. The van der Waals surface area contributed by atoms with Crippen molar-refractivity contribution in [3.05, 3.63) is 53.3 Å². The Morgan fingerprint density at radius 3 is 2.63 bits per heavy atom. The number of carbonyl (C=O) groups excluding carboxylic acids is 3. The number of esters is 1. The fraction of sp³-hybridized carbons (Fsp3) is 0.263. The summed E-state index contributed by atoms with van der Waals surface area (Å²) < 4.78 is 10.2. The summed E-state index contributed by atoms with van der Waals surface area (Å²) in [7, 11) is 1.44. The van der Waals surface area contributed by atoms with Crippen LogP contribution in [0, 0.1) is 0 Å². The molecule has 27 heavy (non-hydrogen) atoms. The van der Waals surface area contributed by atoms with Gasteiger partial charge in [0.15, 0.2) is 11.5 Å². The molecule has 1 atom stereocenters. The fourth-order valence-electron chi connectivity index (χ4n) is 2.30. The van der Waals surface area contributed by atoms with Gasteiger partial charge < -0.3 is 20.5 Å². The van der Waals surface area contributed by atoms with Crippen LogP contribution in [0.4, 0.5) is 5.69 Å². The molecule has 142 valence electrons. The summed E-state index contributed by atoms with van der Waals surface area (Å²) in [6.07, 6.45) is 1.41. The van der Waals surface area contributed by atoms with Gasteiger partial charge in [0.05, 0.1) is 31.0 Å². The van der Waals surface area contributed by atoms with Crippen molar-refractivity contribution in [3.8, 4) is 5.75 Å². The summed E-state index contributed by atoms with van der Waals surface area (Å²) in [4.78, 5) is 40.8. The van der Waals surface area contributed by atoms with Crippen molar-refractivity contribution in [2.75, 3.05) is 19.0 Å². The summed E-state index contributed by atoms with van der Waals surface area (Å²) in [5.74, 6) is -1.17. The molecule has 0 aliphatic carbocycles. The van der Waals surface area contributed by atoms with E-state index in [1.807, 2.05) is 0 Å². The van der Waals surface area contributed by atoms with Crippen LogP contribution >= 0.6 is 0 Å². The number of nitrogens with one attached hydrogen (secondary N) is 1. The second kappa shape index (κ2) is 8.91. The molecule has 0 saturated heterocycles. The fourth-order valence-corrected chi connectivity index (χ4v) is 2.30. The van der Waals surface area contributed by atoms with Gasteiger partial charge in [-0.25, -0.2) is 9.78 Å². The molecule has 8 nitrogen and oxygen atoms in total. The number of methoxy groups -OCH3 is 1. The maximum absolute atomic E-state index is 12.9. The summed E-state index contributed by atoms with van der Waals surface area (Å²) in [6.45, 7) is 3.37. The molecule has 0 fully saturated rings. The zero-order valence-electron chi connectivity index (χ0n) is 15.3. The summed E-state index contributed by atoms with van der Waals surface area (Å²) >= 11 is 0. The summed E-state index contributed by atoms with van der Waals surface area (Å²) in [5.41, 5.74) is 6.14. The zero-order chi connectivity index (χ0) is 20.0. The largest absolute Gasteiger partial charge is 0.495 e. The first-order valence-corrected chi connectivity index (χ1v) is 8.30. The number of nitrogens with zero attached hydrogens (tertiary/aromatic N) is 1. The molecule has 0 bridgehead atoms. The molecule has 8 heteroatoms. The van der Waals surface area contributed by atoms with Gasteiger partial charge in [0.25, 0.3) is 0 Å². The molecule has 2 rings (SSSR count). The van der Waals surface area contributed by atoms with E-state index in [0.29, 0.717) is 11.4 Å². The Morgan fingerprint density at radius 1 is 1.26 bits per heavy atom. The minimum absolute atomic E-state index is 0.0682. The van der Waals surface area contributed by atoms with E-state index in [1.54, 1.807) is 19.1 Å². The number of amides is 1. The molecule has 3 N–H and O–H groups in total. The molecule has 0 aliphatic rings. The Hall–Kier alpha value is -3.26. The zero-order valence-corrected chi connectivity index (χ0v) is 15.3. The molecule has 1 amide bonds. The Labute approximate surface area is 156 Å². The minimum atomic E-state index is -0.734. The predicted molar refractivity (Wildman–Crippen MR) is 98.9 cm³/mol. The lowest BCUT2D eigenvalue weighted by atomic mass is 10.0. The van der Waals surface area contributed by atoms with E-state index in [4.69, 9.17) is 15.2 Å². The van der Waals surface area contributed by atoms with Gasteiger partial charge in [0.1, 0.15) is 5.75 Å². The lowest BCUT2D eigenvalue weighted by Gasteiger charge is -2.13. The number of nitrogens with two attached hydrogens (primary N) is 1. The van der Waals surface area contributed by atoms with E-state index in [9.17, 15) is 14.4 Å². The third-order valence-corrected chi connectivity index (χ3v) is 3.65. The molecular formula is C19H21N3O5. The van der Waals surface area contributed by atoms with Crippen molar-refractivity contribution in [2.24, 2.45) is 5.73 Å². The van der Waals surface area contributed by atoms with Crippen molar-refractivity contribution in [1.29, 1.82) is 0 Å². The first kappa shape index (κ1) is 20.1. The highest BCUT2D eigenvalue weighted by Gasteiger charge is 2.22. The lowest BCUT2D eigenvalue weighted by Crippen LogP contribution is -2.32. The molecule has 0 saturated carbocycles. The van der Waals surface area contributed by atoms with Crippen molar-refractivity contribution in [3.63, 3.8) is 0 Å². The quantitative estimate of drug-likeness (QED) is 0.562. The lowest BCUT2D eigenvalue weighted by molar-refractivity contribution is -0.117. The monoisotopic (exact) mass is 371 g/mol. The van der Waals surface area contributed by atoms with Crippen LogP contribution in [0.3, 0.4) is 0 Å². The number of aromatic nitrogens is 1. The summed E-state index contributed by atoms with van der Waals surface area (Å²) in [5, 5.41) is 2.62. The molecular weight excluding hydrogens is 350 g/mol. The maximum Gasteiger partial charge on any atom is 0.357 e. The van der Waals surface area contributed by atoms with Crippen LogP contribution in [-0.4, -0.2) is 42.4 Å². The topological polar surface area (TPSA) is 121 Å². The molecule has 2 aromatic rings. The number of rotatable bonds is 7. The normalized spacial score (nSPS) is 11.4. The Balaban J connectivity index is 2.43. The van der Waals surface area contributed by atoms with E-state index in [-0.39, 0.29) is 23.4 Å². The number of benzene rings is 1. The van der Waals surface area contributed by atoms with Gasteiger partial charge in [-0.05, 0) is 44.2 Å². The Bertz CT molecular complexity index is 864. The van der Waals surface area contributed by atoms with Crippen LogP contribution in [-0.2, 0) is 9.53 Å². The number of carbonyl (C=O) groups is 3. The van der Waals surface area contributed by atoms with Gasteiger partial charge in [-0.1, -0.05) is 0 Å². The first-order valence-electron chi connectivity index (χ1n) is 8.30. The van der Waals surface area contributed by atoms with E-state index in [1.165, 1.54) is 38.4 Å². The molecule has 1 aromatic heterocycles. The van der Waals surface area contributed by atoms with Gasteiger partial charge in [-0.2, -0.15) is 0 Å². The molecule has 1 aromatic carbocycles. The van der Waals surface area contributed by atoms with Crippen molar-refractivity contribution in [2.45, 2.75) is 19.9 Å². The third kappa shape index (κ3) is 4.68. The van der Waals surface area contributed by atoms with Crippen LogP contribution in [0.2, 0.25) is 0 Å². The molecule has 0 aliphatic heterocycles. The van der Waals surface area contributed by atoms with E-state index >= 15 is 0 Å². The third-order valence-electron chi connectivity index (χ3n) is 3.65. The molecule has 0 radical (unpaired) electrons. The minimum Gasteiger partial charge on any atom is -0.495 e. The number of pyridine rings is 1. The van der Waals surface area contributed by atoms with Crippen molar-refractivity contribution >= 4 is 23.3 Å². The Kier molecular flexibility index (Phi) is 6.62. The van der Waals surface area contributed by atoms with Gasteiger partial charge >= 0.3 is 5.97 Å². The number of anilines is 1. The van der Waals surface area contributed by atoms with E-state index < -0.39 is 23.7 Å². The smallest absolute Gasteiger partial charge is 0.357 e. The highest BCUT2D eigenvalue weighted by Crippen LogP contribution is 2.27. The Morgan fingerprint density at radius 2 is 2.00 bits per heavy atom. The molecule has 1 heterocycles. The first-order chi connectivity index (χ1) is 12.9. The highest BCUT2D eigenvalue weighted by atomic mass is 16.5. The van der Waals surface area contributed by atoms with Crippen molar-refractivity contribution < 1.29 is 23.9 Å². The van der Waals surface area contributed by atoms with Gasteiger partial charge in [-0.15, -0.1) is 0 Å². The van der Waals surface area contributed by atoms with Gasteiger partial charge in [0.2, 0.25) is 5.91 Å². The average Bonchev–Trinajstić information content (AvgIpc) is 2.67. The number of hydrogen-bond donors (Lipinski definition) is 2. The molecule has 0 spiro atoms. The van der Waals surface area contributed by atoms with Gasteiger partial charge in [0, 0.05) is 11.8 Å². The SMILES string of the molecule is CCOC(=O)c1ncccc1C(=O)c1ccc(OC)c(NC(=O)C(C)N)c1. The summed E-state index contributed by atoms with van der Waals surface area (Å²) in [6, 6.07) is 6.85. The number of ketones is 1. The van der Waals surface area contributed by atoms with Crippen LogP contribution in [0.25, 0.3) is 0 Å². The van der Waals surface area contributed by atoms with Crippen molar-refractivity contribution in [1.82, 2.24) is 4.98 Å². The van der Waals surface area contributed by atoms with E-state index in [2.05, 4.69) is 10.3 Å². The predicted octanol–water partition coefficient (Wildman–Crippen LogP) is 1.78. The second-order valence-corrected chi connectivity index (χ2v) is 5.64. The van der Waals surface area contributed by atoms with Crippen LogP contribution in [0.1, 0.15) is 40.3 Å². The van der Waals surface area contributed by atoms with Crippen LogP contribution < -0.4 is 15.8 Å². The van der Waals surface area contributed by atoms with E-state index in [0.717, 1.165) is 0 Å². The average molecular weight is 371 g/mol. The van der Waals surface area contributed by atoms with Crippen LogP contribution in [0.15, 0.2) is 36.5 Å².